The molecule has 3 heterocycles. The Hall–Kier alpha value is -0.920. The SMILES string of the molecule is Cc1ccc(CN2CCO[C@]3(COCCN(CCN(C)C)C3)C2)o1. The smallest absolute Gasteiger partial charge is 0.118 e. The fourth-order valence-electron chi connectivity index (χ4n) is 3.55. The highest BCUT2D eigenvalue weighted by molar-refractivity contribution is 5.06. The van der Waals surface area contributed by atoms with Gasteiger partial charge in [-0.3, -0.25) is 9.80 Å². The third-order valence-corrected chi connectivity index (χ3v) is 4.80. The number of hydrogen-bond donors (Lipinski definition) is 0. The molecule has 0 bridgehead atoms. The first-order valence-electron chi connectivity index (χ1n) is 8.91. The van der Waals surface area contributed by atoms with E-state index in [1.807, 2.05) is 13.0 Å². The molecule has 2 saturated heterocycles. The number of nitrogens with zero attached hydrogens (tertiary/aromatic N) is 3. The van der Waals surface area contributed by atoms with Crippen LogP contribution in [-0.4, -0.2) is 93.5 Å². The van der Waals surface area contributed by atoms with Crippen molar-refractivity contribution in [1.82, 2.24) is 14.7 Å². The molecule has 1 aromatic heterocycles. The Morgan fingerprint density at radius 2 is 1.92 bits per heavy atom. The quantitative estimate of drug-likeness (QED) is 0.800. The maximum absolute atomic E-state index is 6.24. The van der Waals surface area contributed by atoms with Crippen LogP contribution in [0, 0.1) is 6.92 Å². The molecule has 2 fully saturated rings. The molecule has 2 aliphatic rings. The van der Waals surface area contributed by atoms with Crippen molar-refractivity contribution < 1.29 is 13.9 Å². The highest BCUT2D eigenvalue weighted by Crippen LogP contribution is 2.24. The van der Waals surface area contributed by atoms with Crippen LogP contribution in [0.5, 0.6) is 0 Å². The molecule has 6 heteroatoms. The summed E-state index contributed by atoms with van der Waals surface area (Å²) in [6, 6.07) is 4.10. The van der Waals surface area contributed by atoms with Gasteiger partial charge in [-0.1, -0.05) is 0 Å². The summed E-state index contributed by atoms with van der Waals surface area (Å²) in [5, 5.41) is 0. The largest absolute Gasteiger partial charge is 0.465 e. The Kier molecular flexibility index (Phi) is 5.94. The van der Waals surface area contributed by atoms with Crippen molar-refractivity contribution in [2.75, 3.05) is 73.2 Å². The van der Waals surface area contributed by atoms with Crippen molar-refractivity contribution in [2.24, 2.45) is 0 Å². The summed E-state index contributed by atoms with van der Waals surface area (Å²) in [7, 11) is 4.24. The zero-order valence-corrected chi connectivity index (χ0v) is 15.3. The van der Waals surface area contributed by atoms with Gasteiger partial charge < -0.3 is 18.8 Å². The van der Waals surface area contributed by atoms with Crippen LogP contribution in [0.3, 0.4) is 0 Å². The van der Waals surface area contributed by atoms with E-state index in [1.54, 1.807) is 0 Å². The Morgan fingerprint density at radius 1 is 1.12 bits per heavy atom. The highest BCUT2D eigenvalue weighted by atomic mass is 16.5. The number of ether oxygens (including phenoxy) is 2. The van der Waals surface area contributed by atoms with Gasteiger partial charge in [0.1, 0.15) is 17.1 Å². The van der Waals surface area contributed by atoms with Gasteiger partial charge in [-0.15, -0.1) is 0 Å². The summed E-state index contributed by atoms with van der Waals surface area (Å²) in [6.45, 7) is 10.9. The summed E-state index contributed by atoms with van der Waals surface area (Å²) >= 11 is 0. The van der Waals surface area contributed by atoms with Crippen LogP contribution < -0.4 is 0 Å². The molecule has 6 nitrogen and oxygen atoms in total. The lowest BCUT2D eigenvalue weighted by Crippen LogP contribution is -2.58. The lowest BCUT2D eigenvalue weighted by Gasteiger charge is -2.43. The van der Waals surface area contributed by atoms with Gasteiger partial charge in [-0.05, 0) is 33.2 Å². The minimum Gasteiger partial charge on any atom is -0.465 e. The molecule has 1 spiro atoms. The van der Waals surface area contributed by atoms with Crippen LogP contribution in [0.25, 0.3) is 0 Å². The monoisotopic (exact) mass is 337 g/mol. The van der Waals surface area contributed by atoms with Crippen LogP contribution in [0.2, 0.25) is 0 Å². The fourth-order valence-corrected chi connectivity index (χ4v) is 3.55. The number of hydrogen-bond acceptors (Lipinski definition) is 6. The van der Waals surface area contributed by atoms with E-state index < -0.39 is 0 Å². The van der Waals surface area contributed by atoms with Crippen molar-refractivity contribution in [3.8, 4) is 0 Å². The van der Waals surface area contributed by atoms with Crippen molar-refractivity contribution >= 4 is 0 Å². The lowest BCUT2D eigenvalue weighted by atomic mass is 10.0. The number of morpholine rings is 1. The number of likely N-dealkylation sites (N-methyl/N-ethyl adjacent to an activating group) is 1. The van der Waals surface area contributed by atoms with E-state index in [2.05, 4.69) is 34.9 Å². The Bertz CT molecular complexity index is 519. The first kappa shape index (κ1) is 17.9. The molecule has 2 aliphatic heterocycles. The van der Waals surface area contributed by atoms with Gasteiger partial charge >= 0.3 is 0 Å². The van der Waals surface area contributed by atoms with Crippen molar-refractivity contribution in [3.05, 3.63) is 23.7 Å². The predicted octanol–water partition coefficient (Wildman–Crippen LogP) is 1.05. The van der Waals surface area contributed by atoms with Gasteiger partial charge in [0.15, 0.2) is 0 Å². The third-order valence-electron chi connectivity index (χ3n) is 4.80. The standard InChI is InChI=1S/C18H31N3O3/c1-16-4-5-17(24-16)12-21-9-11-23-18(14-21)13-20(7-6-19(2)3)8-10-22-15-18/h4-5H,6-15H2,1-3H3/t18-/m0/s1. The van der Waals surface area contributed by atoms with E-state index in [4.69, 9.17) is 13.9 Å². The molecule has 0 N–H and O–H groups in total. The van der Waals surface area contributed by atoms with Crippen molar-refractivity contribution in [3.63, 3.8) is 0 Å². The van der Waals surface area contributed by atoms with Crippen LogP contribution in [0.15, 0.2) is 16.5 Å². The minimum atomic E-state index is -0.220. The molecular formula is C18H31N3O3. The zero-order chi connectivity index (χ0) is 17.0. The van der Waals surface area contributed by atoms with E-state index in [0.29, 0.717) is 6.61 Å². The van der Waals surface area contributed by atoms with E-state index in [9.17, 15) is 0 Å². The Morgan fingerprint density at radius 3 is 2.67 bits per heavy atom. The number of furan rings is 1. The minimum absolute atomic E-state index is 0.220. The van der Waals surface area contributed by atoms with Crippen LogP contribution >= 0.6 is 0 Å². The molecule has 3 rings (SSSR count). The van der Waals surface area contributed by atoms with E-state index >= 15 is 0 Å². The second-order valence-corrected chi connectivity index (χ2v) is 7.39. The molecule has 0 unspecified atom stereocenters. The molecule has 1 atom stereocenters. The zero-order valence-electron chi connectivity index (χ0n) is 15.3. The van der Waals surface area contributed by atoms with E-state index in [1.165, 1.54) is 0 Å². The third kappa shape index (κ3) is 4.80. The summed E-state index contributed by atoms with van der Waals surface area (Å²) in [4.78, 5) is 7.14. The second-order valence-electron chi connectivity index (χ2n) is 7.39. The van der Waals surface area contributed by atoms with Gasteiger partial charge in [-0.2, -0.15) is 0 Å². The maximum atomic E-state index is 6.24. The molecule has 24 heavy (non-hydrogen) atoms. The molecule has 136 valence electrons. The molecule has 0 amide bonds. The van der Waals surface area contributed by atoms with E-state index in [-0.39, 0.29) is 5.60 Å². The number of aryl methyl sites for hydroxylation is 1. The average Bonchev–Trinajstić information content (AvgIpc) is 2.84. The van der Waals surface area contributed by atoms with E-state index in [0.717, 1.165) is 70.5 Å². The Balaban J connectivity index is 1.61. The van der Waals surface area contributed by atoms with Gasteiger partial charge in [-0.25, -0.2) is 0 Å². The lowest BCUT2D eigenvalue weighted by molar-refractivity contribution is -0.143. The topological polar surface area (TPSA) is 41.3 Å². The van der Waals surface area contributed by atoms with Gasteiger partial charge in [0, 0.05) is 39.3 Å². The molecule has 0 saturated carbocycles. The van der Waals surface area contributed by atoms with Gasteiger partial charge in [0.2, 0.25) is 0 Å². The van der Waals surface area contributed by atoms with Crippen molar-refractivity contribution in [2.45, 2.75) is 19.1 Å². The summed E-state index contributed by atoms with van der Waals surface area (Å²) in [5.41, 5.74) is -0.220. The fraction of sp³-hybridized carbons (Fsp3) is 0.778. The van der Waals surface area contributed by atoms with Crippen molar-refractivity contribution in [1.29, 1.82) is 0 Å². The number of rotatable bonds is 5. The second kappa shape index (κ2) is 7.97. The molecule has 1 aromatic rings. The molecule has 0 aliphatic carbocycles. The highest BCUT2D eigenvalue weighted by Gasteiger charge is 2.40. The van der Waals surface area contributed by atoms with Crippen LogP contribution in [0.4, 0.5) is 0 Å². The summed E-state index contributed by atoms with van der Waals surface area (Å²) < 4.78 is 17.9. The van der Waals surface area contributed by atoms with Gasteiger partial charge in [0.25, 0.3) is 0 Å². The van der Waals surface area contributed by atoms with Crippen LogP contribution in [-0.2, 0) is 16.0 Å². The molecule has 0 aromatic carbocycles. The Labute approximate surface area is 145 Å². The normalized spacial score (nSPS) is 27.0. The van der Waals surface area contributed by atoms with Gasteiger partial charge in [0.05, 0.1) is 26.4 Å². The average molecular weight is 337 g/mol. The summed E-state index contributed by atoms with van der Waals surface area (Å²) in [6.07, 6.45) is 0. The first-order valence-corrected chi connectivity index (χ1v) is 8.91. The maximum Gasteiger partial charge on any atom is 0.118 e. The molecular weight excluding hydrogens is 306 g/mol. The first-order chi connectivity index (χ1) is 11.5. The molecule has 0 radical (unpaired) electrons. The van der Waals surface area contributed by atoms with Crippen LogP contribution in [0.1, 0.15) is 11.5 Å². The summed E-state index contributed by atoms with van der Waals surface area (Å²) in [5.74, 6) is 2.00. The predicted molar refractivity (Wildman–Crippen MR) is 93.2 cm³/mol.